The molecule has 6 nitrogen and oxygen atoms in total. The summed E-state index contributed by atoms with van der Waals surface area (Å²) >= 11 is 1.28. The van der Waals surface area contributed by atoms with Crippen molar-refractivity contribution >= 4 is 39.6 Å². The topological polar surface area (TPSA) is 79.8 Å². The van der Waals surface area contributed by atoms with Gasteiger partial charge in [0, 0.05) is 16.9 Å². The van der Waals surface area contributed by atoms with Crippen LogP contribution in [0.4, 0.5) is 0 Å². The van der Waals surface area contributed by atoms with Crippen LogP contribution in [-0.4, -0.2) is 32.2 Å². The first-order valence-corrected chi connectivity index (χ1v) is 11.1. The van der Waals surface area contributed by atoms with E-state index in [1.165, 1.54) is 11.8 Å². The molecule has 1 amide bonds. The minimum Gasteiger partial charge on any atom is -0.353 e. The molecule has 0 aliphatic rings. The van der Waals surface area contributed by atoms with Crippen molar-refractivity contribution in [2.75, 3.05) is 5.75 Å². The Kier molecular flexibility index (Phi) is 5.90. The first-order chi connectivity index (χ1) is 14.6. The molecule has 2 aromatic heterocycles. The number of amides is 1. The standard InChI is InChI=1S/C23H24N4O2S/c1-3-9-15(2)24-19(28)14-30-23-26-20-17-12-7-8-13-18(17)25-21(20)22(29)27(23)16-10-5-4-6-11-16/h4-8,10-13,15,25H,3,9,14H2,1-2H3,(H,24,28). The third-order valence-electron chi connectivity index (χ3n) is 4.97. The van der Waals surface area contributed by atoms with E-state index in [0.29, 0.717) is 16.2 Å². The molecular formula is C23H24N4O2S. The molecule has 0 aliphatic carbocycles. The average Bonchev–Trinajstić information content (AvgIpc) is 3.12. The molecule has 30 heavy (non-hydrogen) atoms. The fourth-order valence-electron chi connectivity index (χ4n) is 3.60. The summed E-state index contributed by atoms with van der Waals surface area (Å²) in [5, 5.41) is 4.40. The Morgan fingerprint density at radius 3 is 2.67 bits per heavy atom. The molecule has 2 heterocycles. The van der Waals surface area contributed by atoms with Crippen molar-refractivity contribution in [3.8, 4) is 5.69 Å². The van der Waals surface area contributed by atoms with E-state index in [1.807, 2.05) is 61.5 Å². The first-order valence-electron chi connectivity index (χ1n) is 10.1. The fourth-order valence-corrected chi connectivity index (χ4v) is 4.41. The van der Waals surface area contributed by atoms with E-state index in [9.17, 15) is 9.59 Å². The molecule has 2 N–H and O–H groups in total. The SMILES string of the molecule is CCCC(C)NC(=O)CSc1nc2c([nH]c3ccccc32)c(=O)n1-c1ccccc1. The number of nitrogens with zero attached hydrogens (tertiary/aromatic N) is 2. The van der Waals surface area contributed by atoms with Gasteiger partial charge in [0.05, 0.1) is 11.4 Å². The lowest BCUT2D eigenvalue weighted by molar-refractivity contribution is -0.119. The third kappa shape index (κ3) is 3.98. The van der Waals surface area contributed by atoms with E-state index in [1.54, 1.807) is 4.57 Å². The summed E-state index contributed by atoms with van der Waals surface area (Å²) in [4.78, 5) is 33.8. The number of hydrogen-bond acceptors (Lipinski definition) is 4. The quantitative estimate of drug-likeness (QED) is 0.346. The molecule has 154 valence electrons. The van der Waals surface area contributed by atoms with Gasteiger partial charge in [-0.25, -0.2) is 4.98 Å². The molecule has 2 aromatic carbocycles. The Labute approximate surface area is 178 Å². The minimum atomic E-state index is -0.176. The maximum Gasteiger partial charge on any atom is 0.283 e. The maximum atomic E-state index is 13.4. The van der Waals surface area contributed by atoms with Crippen LogP contribution >= 0.6 is 11.8 Å². The zero-order valence-electron chi connectivity index (χ0n) is 17.0. The Balaban J connectivity index is 1.77. The average molecular weight is 421 g/mol. The molecule has 0 fully saturated rings. The molecule has 0 saturated heterocycles. The predicted molar refractivity (Wildman–Crippen MR) is 122 cm³/mol. The molecule has 0 bridgehead atoms. The molecule has 4 rings (SSSR count). The highest BCUT2D eigenvalue weighted by molar-refractivity contribution is 7.99. The highest BCUT2D eigenvalue weighted by Crippen LogP contribution is 2.26. The summed E-state index contributed by atoms with van der Waals surface area (Å²) in [6, 6.07) is 17.2. The molecular weight excluding hydrogens is 396 g/mol. The van der Waals surface area contributed by atoms with Gasteiger partial charge < -0.3 is 10.3 Å². The zero-order chi connectivity index (χ0) is 21.1. The van der Waals surface area contributed by atoms with Crippen LogP contribution in [0.1, 0.15) is 26.7 Å². The van der Waals surface area contributed by atoms with Crippen LogP contribution in [0.2, 0.25) is 0 Å². The highest BCUT2D eigenvalue weighted by atomic mass is 32.2. The summed E-state index contributed by atoms with van der Waals surface area (Å²) < 4.78 is 1.57. The summed E-state index contributed by atoms with van der Waals surface area (Å²) in [5.74, 6) is 0.134. The van der Waals surface area contributed by atoms with Crippen LogP contribution in [0.5, 0.6) is 0 Å². The number of H-pyrrole nitrogens is 1. The van der Waals surface area contributed by atoms with E-state index in [-0.39, 0.29) is 23.3 Å². The number of nitrogens with one attached hydrogen (secondary N) is 2. The number of benzene rings is 2. The van der Waals surface area contributed by atoms with Crippen molar-refractivity contribution in [1.29, 1.82) is 0 Å². The Morgan fingerprint density at radius 2 is 1.90 bits per heavy atom. The molecule has 0 spiro atoms. The smallest absolute Gasteiger partial charge is 0.283 e. The van der Waals surface area contributed by atoms with Crippen molar-refractivity contribution in [3.63, 3.8) is 0 Å². The monoisotopic (exact) mass is 420 g/mol. The van der Waals surface area contributed by atoms with Gasteiger partial charge in [-0.2, -0.15) is 0 Å². The minimum absolute atomic E-state index is 0.0613. The molecule has 0 radical (unpaired) electrons. The lowest BCUT2D eigenvalue weighted by Gasteiger charge is -2.14. The summed E-state index contributed by atoms with van der Waals surface area (Å²) in [6.45, 7) is 4.10. The number of aromatic amines is 1. The second kappa shape index (κ2) is 8.75. The van der Waals surface area contributed by atoms with Crippen LogP contribution in [0.3, 0.4) is 0 Å². The Hall–Kier alpha value is -3.06. The van der Waals surface area contributed by atoms with Crippen LogP contribution in [0.25, 0.3) is 27.6 Å². The van der Waals surface area contributed by atoms with Crippen LogP contribution in [-0.2, 0) is 4.79 Å². The molecule has 0 saturated carbocycles. The van der Waals surface area contributed by atoms with Crippen LogP contribution in [0.15, 0.2) is 64.5 Å². The molecule has 4 aromatic rings. The highest BCUT2D eigenvalue weighted by Gasteiger charge is 2.18. The zero-order valence-corrected chi connectivity index (χ0v) is 17.8. The Morgan fingerprint density at radius 1 is 1.17 bits per heavy atom. The van der Waals surface area contributed by atoms with E-state index >= 15 is 0 Å². The first kappa shape index (κ1) is 20.2. The van der Waals surface area contributed by atoms with Crippen molar-refractivity contribution in [2.45, 2.75) is 37.9 Å². The van der Waals surface area contributed by atoms with Gasteiger partial charge in [-0.1, -0.05) is 61.5 Å². The number of hydrogen-bond donors (Lipinski definition) is 2. The number of aromatic nitrogens is 3. The van der Waals surface area contributed by atoms with Gasteiger partial charge in [-0.05, 0) is 31.5 Å². The van der Waals surface area contributed by atoms with Gasteiger partial charge in [-0.3, -0.25) is 14.2 Å². The predicted octanol–water partition coefficient (Wildman–Crippen LogP) is 4.26. The summed E-state index contributed by atoms with van der Waals surface area (Å²) in [7, 11) is 0. The number of rotatable bonds is 7. The number of para-hydroxylation sites is 2. The van der Waals surface area contributed by atoms with Gasteiger partial charge >= 0.3 is 0 Å². The molecule has 7 heteroatoms. The number of carbonyl (C=O) groups excluding carboxylic acids is 1. The van der Waals surface area contributed by atoms with Gasteiger partial charge in [0.25, 0.3) is 5.56 Å². The van der Waals surface area contributed by atoms with Gasteiger partial charge in [0.15, 0.2) is 5.16 Å². The summed E-state index contributed by atoms with van der Waals surface area (Å²) in [6.07, 6.45) is 1.95. The maximum absolute atomic E-state index is 13.4. The molecule has 1 atom stereocenters. The number of fused-ring (bicyclic) bond motifs is 3. The van der Waals surface area contributed by atoms with Gasteiger partial charge in [0.2, 0.25) is 5.91 Å². The number of thioether (sulfide) groups is 1. The molecule has 1 unspecified atom stereocenters. The van der Waals surface area contributed by atoms with E-state index in [4.69, 9.17) is 4.98 Å². The lowest BCUT2D eigenvalue weighted by Crippen LogP contribution is -2.34. The van der Waals surface area contributed by atoms with Crippen molar-refractivity contribution in [2.24, 2.45) is 0 Å². The van der Waals surface area contributed by atoms with Crippen LogP contribution < -0.4 is 10.9 Å². The van der Waals surface area contributed by atoms with Gasteiger partial charge in [0.1, 0.15) is 11.0 Å². The second-order valence-corrected chi connectivity index (χ2v) is 8.25. The third-order valence-corrected chi connectivity index (χ3v) is 5.91. The molecule has 0 aliphatic heterocycles. The van der Waals surface area contributed by atoms with Gasteiger partial charge in [-0.15, -0.1) is 0 Å². The largest absolute Gasteiger partial charge is 0.353 e. The van der Waals surface area contributed by atoms with E-state index in [0.717, 1.165) is 29.4 Å². The Bertz CT molecular complexity index is 1250. The number of carbonyl (C=O) groups is 1. The fraction of sp³-hybridized carbons (Fsp3) is 0.261. The van der Waals surface area contributed by atoms with E-state index in [2.05, 4.69) is 17.2 Å². The summed E-state index contributed by atoms with van der Waals surface area (Å²) in [5.41, 5.74) is 2.50. The van der Waals surface area contributed by atoms with Crippen LogP contribution in [0, 0.1) is 0 Å². The van der Waals surface area contributed by atoms with Crippen molar-refractivity contribution in [1.82, 2.24) is 19.9 Å². The normalized spacial score (nSPS) is 12.3. The van der Waals surface area contributed by atoms with Crippen molar-refractivity contribution < 1.29 is 4.79 Å². The van der Waals surface area contributed by atoms with Crippen molar-refractivity contribution in [3.05, 3.63) is 65.0 Å². The lowest BCUT2D eigenvalue weighted by atomic mass is 10.2. The second-order valence-electron chi connectivity index (χ2n) is 7.31. The van der Waals surface area contributed by atoms with E-state index < -0.39 is 0 Å².